The highest BCUT2D eigenvalue weighted by molar-refractivity contribution is 6.14. The number of nitrogens with zero attached hydrogens (tertiary/aromatic N) is 2. The van der Waals surface area contributed by atoms with E-state index in [9.17, 15) is 0 Å². The molecule has 3 nitrogen and oxygen atoms in total. The Balaban J connectivity index is 1.08. The molecule has 2 heterocycles. The molecule has 13 rings (SSSR count). The number of para-hydroxylation sites is 5. The maximum atomic E-state index is 6.70. The van der Waals surface area contributed by atoms with E-state index in [0.29, 0.717) is 0 Å². The Kier molecular flexibility index (Phi) is 7.52. The van der Waals surface area contributed by atoms with Crippen molar-refractivity contribution >= 4 is 49.6 Å². The fourth-order valence-corrected chi connectivity index (χ4v) is 10.8. The first-order valence-corrected chi connectivity index (χ1v) is 21.4. The second-order valence-corrected chi connectivity index (χ2v) is 16.4. The van der Waals surface area contributed by atoms with Crippen LogP contribution in [-0.2, 0) is 5.41 Å². The lowest BCUT2D eigenvalue weighted by Crippen LogP contribution is -2.36. The Bertz CT molecular complexity index is 3520. The number of hydrogen-bond donors (Lipinski definition) is 0. The normalized spacial score (nSPS) is 13.1. The van der Waals surface area contributed by atoms with E-state index in [1.54, 1.807) is 0 Å². The number of fused-ring (bicyclic) bond motifs is 11. The number of hydrogen-bond acceptors (Lipinski definition) is 2. The van der Waals surface area contributed by atoms with Gasteiger partial charge in [-0.15, -0.1) is 0 Å². The van der Waals surface area contributed by atoms with Crippen LogP contribution in [0.2, 0.25) is 0 Å². The molecule has 0 fully saturated rings. The van der Waals surface area contributed by atoms with Gasteiger partial charge in [0.05, 0.1) is 27.8 Å². The van der Waals surface area contributed by atoms with Crippen LogP contribution in [0.15, 0.2) is 231 Å². The molecule has 290 valence electrons. The lowest BCUT2D eigenvalue weighted by molar-refractivity contribution is 0.435. The maximum Gasteiger partial charge on any atom is 0.132 e. The molecule has 62 heavy (non-hydrogen) atoms. The average molecular weight is 791 g/mol. The summed E-state index contributed by atoms with van der Waals surface area (Å²) in [6, 6.07) is 83.9. The van der Waals surface area contributed by atoms with Gasteiger partial charge < -0.3 is 14.2 Å². The van der Waals surface area contributed by atoms with Gasteiger partial charge in [-0.25, -0.2) is 0 Å². The topological polar surface area (TPSA) is 17.4 Å². The van der Waals surface area contributed by atoms with Crippen molar-refractivity contribution in [3.63, 3.8) is 0 Å². The molecule has 0 atom stereocenters. The molecule has 0 saturated carbocycles. The van der Waals surface area contributed by atoms with Crippen molar-refractivity contribution in [3.05, 3.63) is 253 Å². The summed E-state index contributed by atoms with van der Waals surface area (Å²) < 4.78 is 9.13. The quantitative estimate of drug-likeness (QED) is 0.173. The molecule has 0 saturated heterocycles. The Morgan fingerprint density at radius 1 is 0.371 bits per heavy atom. The van der Waals surface area contributed by atoms with E-state index in [4.69, 9.17) is 4.74 Å². The van der Waals surface area contributed by atoms with E-state index in [1.165, 1.54) is 66.0 Å². The molecule has 0 radical (unpaired) electrons. The van der Waals surface area contributed by atoms with Crippen LogP contribution >= 0.6 is 0 Å². The third-order valence-corrected chi connectivity index (χ3v) is 13.2. The maximum absolute atomic E-state index is 6.70. The van der Waals surface area contributed by atoms with Crippen molar-refractivity contribution in [2.75, 3.05) is 4.90 Å². The summed E-state index contributed by atoms with van der Waals surface area (Å²) in [6.45, 7) is 0. The van der Waals surface area contributed by atoms with Crippen molar-refractivity contribution in [3.8, 4) is 39.4 Å². The third kappa shape index (κ3) is 4.82. The predicted octanol–water partition coefficient (Wildman–Crippen LogP) is 15.5. The van der Waals surface area contributed by atoms with Crippen LogP contribution < -0.4 is 9.64 Å². The molecule has 0 amide bonds. The fraction of sp³-hybridized carbons (Fsp3) is 0.0169. The monoisotopic (exact) mass is 790 g/mol. The van der Waals surface area contributed by atoms with Gasteiger partial charge in [0.1, 0.15) is 11.5 Å². The van der Waals surface area contributed by atoms with E-state index >= 15 is 0 Å². The van der Waals surface area contributed by atoms with Gasteiger partial charge in [-0.1, -0.05) is 170 Å². The van der Waals surface area contributed by atoms with Crippen LogP contribution in [0.1, 0.15) is 22.3 Å². The summed E-state index contributed by atoms with van der Waals surface area (Å²) in [5, 5.41) is 4.87. The molecule has 1 aliphatic heterocycles. The molecule has 10 aromatic carbocycles. The molecule has 3 heteroatoms. The second-order valence-electron chi connectivity index (χ2n) is 16.4. The summed E-state index contributed by atoms with van der Waals surface area (Å²) in [4.78, 5) is 2.45. The molecular formula is C59H38N2O. The number of benzene rings is 10. The van der Waals surface area contributed by atoms with Gasteiger partial charge in [-0.2, -0.15) is 0 Å². The fourth-order valence-electron chi connectivity index (χ4n) is 10.8. The van der Waals surface area contributed by atoms with E-state index in [-0.39, 0.29) is 0 Å². The van der Waals surface area contributed by atoms with E-state index in [2.05, 4.69) is 240 Å². The largest absolute Gasteiger partial charge is 0.457 e. The van der Waals surface area contributed by atoms with E-state index in [0.717, 1.165) is 45.4 Å². The van der Waals surface area contributed by atoms with Crippen molar-refractivity contribution in [1.82, 2.24) is 4.57 Å². The van der Waals surface area contributed by atoms with Crippen LogP contribution in [0.3, 0.4) is 0 Å². The van der Waals surface area contributed by atoms with Gasteiger partial charge in [0, 0.05) is 44.2 Å². The third-order valence-electron chi connectivity index (χ3n) is 13.2. The van der Waals surface area contributed by atoms with Crippen LogP contribution in [0.25, 0.3) is 60.5 Å². The van der Waals surface area contributed by atoms with Gasteiger partial charge in [0.15, 0.2) is 0 Å². The van der Waals surface area contributed by atoms with Crippen LogP contribution in [0.5, 0.6) is 11.5 Å². The minimum Gasteiger partial charge on any atom is -0.457 e. The molecule has 1 aliphatic carbocycles. The molecular weight excluding hydrogens is 753 g/mol. The van der Waals surface area contributed by atoms with E-state index in [1.807, 2.05) is 0 Å². The zero-order valence-corrected chi connectivity index (χ0v) is 33.7. The highest BCUT2D eigenvalue weighted by Gasteiger charge is 2.49. The molecule has 1 aromatic heterocycles. The van der Waals surface area contributed by atoms with Crippen LogP contribution in [-0.4, -0.2) is 4.57 Å². The van der Waals surface area contributed by atoms with Crippen molar-refractivity contribution in [1.29, 1.82) is 0 Å². The lowest BCUT2D eigenvalue weighted by Gasteiger charge is -2.45. The SMILES string of the molecule is c1ccc(-c2ccccc2-n2c3ccccc3c3cc(N(c4ccccc4)c4ccc5c6c(cccc46)C4(c6ccccc6Oc6ccccc64)c4ccccc4-5)ccc32)cc1. The molecule has 0 unspecified atom stereocenters. The Labute approximate surface area is 360 Å². The zero-order valence-electron chi connectivity index (χ0n) is 33.7. The van der Waals surface area contributed by atoms with Gasteiger partial charge in [-0.3, -0.25) is 0 Å². The highest BCUT2D eigenvalue weighted by atomic mass is 16.5. The van der Waals surface area contributed by atoms with Gasteiger partial charge >= 0.3 is 0 Å². The Hall–Kier alpha value is -8.14. The number of aromatic nitrogens is 1. The van der Waals surface area contributed by atoms with Crippen LogP contribution in [0, 0.1) is 0 Å². The predicted molar refractivity (Wildman–Crippen MR) is 256 cm³/mol. The first kappa shape index (κ1) is 34.7. The first-order valence-electron chi connectivity index (χ1n) is 21.4. The van der Waals surface area contributed by atoms with Gasteiger partial charge in [-0.05, 0) is 93.9 Å². The molecule has 0 bridgehead atoms. The molecule has 11 aromatic rings. The minimum atomic E-state index is -0.596. The Morgan fingerprint density at radius 2 is 0.968 bits per heavy atom. The first-order chi connectivity index (χ1) is 30.8. The summed E-state index contributed by atoms with van der Waals surface area (Å²) in [5.41, 5.74) is 15.9. The Morgan fingerprint density at radius 3 is 1.76 bits per heavy atom. The van der Waals surface area contributed by atoms with Gasteiger partial charge in [0.2, 0.25) is 0 Å². The zero-order chi connectivity index (χ0) is 40.8. The molecule has 0 N–H and O–H groups in total. The standard InChI is InChI=1S/C59H38N2O/c1-3-18-39(19-4-1)42-22-8-13-30-52(42)61-53-31-14-9-24-44(53)47-38-41(34-36-55(47)61)60(40-20-5-2-6-21-40)54-37-35-45-43-23-7-10-26-48(43)59(51-29-17-25-46(54)58(45)51)49-27-11-15-32-56(49)62-57-33-16-12-28-50(57)59/h1-38H. The molecule has 1 spiro atoms. The average Bonchev–Trinajstić information content (AvgIpc) is 3.67. The minimum absolute atomic E-state index is 0.596. The molecule has 2 aliphatic rings. The van der Waals surface area contributed by atoms with Gasteiger partial charge in [0.25, 0.3) is 0 Å². The van der Waals surface area contributed by atoms with Crippen LogP contribution in [0.4, 0.5) is 17.1 Å². The lowest BCUT2D eigenvalue weighted by atomic mass is 9.58. The second kappa shape index (κ2) is 13.4. The highest BCUT2D eigenvalue weighted by Crippen LogP contribution is 2.62. The summed E-state index contributed by atoms with van der Waals surface area (Å²) >= 11 is 0. The van der Waals surface area contributed by atoms with Crippen molar-refractivity contribution in [2.24, 2.45) is 0 Å². The van der Waals surface area contributed by atoms with Crippen molar-refractivity contribution < 1.29 is 4.74 Å². The summed E-state index contributed by atoms with van der Waals surface area (Å²) in [7, 11) is 0. The number of ether oxygens (including phenoxy) is 1. The number of anilines is 3. The number of rotatable bonds is 5. The smallest absolute Gasteiger partial charge is 0.132 e. The van der Waals surface area contributed by atoms with E-state index < -0.39 is 5.41 Å². The van der Waals surface area contributed by atoms with Crippen molar-refractivity contribution in [2.45, 2.75) is 5.41 Å². The summed E-state index contributed by atoms with van der Waals surface area (Å²) in [6.07, 6.45) is 0. The summed E-state index contributed by atoms with van der Waals surface area (Å²) in [5.74, 6) is 1.78.